The van der Waals surface area contributed by atoms with E-state index in [1.54, 1.807) is 0 Å². The van der Waals surface area contributed by atoms with Crippen molar-refractivity contribution in [2.45, 2.75) is 4.90 Å². The summed E-state index contributed by atoms with van der Waals surface area (Å²) in [5.41, 5.74) is -0.323. The number of anilines is 1. The van der Waals surface area contributed by atoms with Crippen molar-refractivity contribution in [3.8, 4) is 0 Å². The highest BCUT2D eigenvalue weighted by Gasteiger charge is 2.20. The molecule has 18 heavy (non-hydrogen) atoms. The fourth-order valence-electron chi connectivity index (χ4n) is 1.18. The summed E-state index contributed by atoms with van der Waals surface area (Å²) in [4.78, 5) is -0.717. The molecule has 0 saturated heterocycles. The first-order chi connectivity index (χ1) is 8.26. The zero-order valence-corrected chi connectivity index (χ0v) is 11.1. The van der Waals surface area contributed by atoms with Crippen molar-refractivity contribution >= 4 is 25.9 Å². The van der Waals surface area contributed by atoms with Crippen LogP contribution in [0.4, 0.5) is 9.57 Å². The molecule has 0 atom stereocenters. The van der Waals surface area contributed by atoms with Crippen molar-refractivity contribution in [1.29, 1.82) is 0 Å². The van der Waals surface area contributed by atoms with Crippen LogP contribution in [0.25, 0.3) is 0 Å². The lowest BCUT2D eigenvalue weighted by molar-refractivity contribution is 0.217. The number of methoxy groups -OCH3 is 1. The van der Waals surface area contributed by atoms with Crippen LogP contribution in [-0.4, -0.2) is 36.3 Å². The number of para-hydroxylation sites is 1. The Balaban J connectivity index is 3.06. The van der Waals surface area contributed by atoms with E-state index in [2.05, 4.69) is 4.74 Å². The van der Waals surface area contributed by atoms with Crippen LogP contribution >= 0.6 is 0 Å². The van der Waals surface area contributed by atoms with Crippen molar-refractivity contribution in [1.82, 2.24) is 0 Å². The van der Waals surface area contributed by atoms with Gasteiger partial charge in [-0.2, -0.15) is 8.42 Å². The van der Waals surface area contributed by atoms with Crippen LogP contribution in [0.3, 0.4) is 0 Å². The summed E-state index contributed by atoms with van der Waals surface area (Å²) in [5, 5.41) is 0. The topological polar surface area (TPSA) is 89.5 Å². The molecule has 6 nitrogen and oxygen atoms in total. The predicted octanol–water partition coefficient (Wildman–Crippen LogP) is 0.733. The second-order valence-electron chi connectivity index (χ2n) is 3.35. The highest BCUT2D eigenvalue weighted by molar-refractivity contribution is 7.92. The number of ether oxygens (including phenoxy) is 1. The molecule has 0 saturated carbocycles. The van der Waals surface area contributed by atoms with E-state index in [1.165, 1.54) is 19.2 Å². The van der Waals surface area contributed by atoms with Gasteiger partial charge in [0.05, 0.1) is 18.0 Å². The quantitative estimate of drug-likeness (QED) is 0.782. The highest BCUT2D eigenvalue weighted by atomic mass is 32.3. The van der Waals surface area contributed by atoms with Crippen molar-refractivity contribution in [2.75, 3.05) is 24.2 Å². The molecule has 102 valence electrons. The fourth-order valence-corrected chi connectivity index (χ4v) is 2.86. The normalized spacial score (nSPS) is 12.3. The van der Waals surface area contributed by atoms with Gasteiger partial charge in [-0.3, -0.25) is 4.72 Å². The largest absolute Gasteiger partial charge is 0.384 e. The standard InChI is InChI=1S/C9H12FNO5S2/c1-16-6-7-17(12,13)11-8-4-2-3-5-9(8)18(10,14)15/h2-5,11H,6-7H2,1H3. The van der Waals surface area contributed by atoms with E-state index in [1.807, 2.05) is 4.72 Å². The minimum atomic E-state index is -4.98. The van der Waals surface area contributed by atoms with Crippen LogP contribution < -0.4 is 4.72 Å². The van der Waals surface area contributed by atoms with Crippen LogP contribution in [-0.2, 0) is 25.0 Å². The summed E-state index contributed by atoms with van der Waals surface area (Å²) in [7, 11) is -7.44. The van der Waals surface area contributed by atoms with E-state index in [9.17, 15) is 20.7 Å². The Kier molecular flexibility index (Phi) is 4.65. The number of nitrogens with one attached hydrogen (secondary N) is 1. The number of halogens is 1. The summed E-state index contributed by atoms with van der Waals surface area (Å²) < 4.78 is 64.2. The predicted molar refractivity (Wildman–Crippen MR) is 64.0 cm³/mol. The van der Waals surface area contributed by atoms with E-state index >= 15 is 0 Å². The molecule has 0 aliphatic heterocycles. The third-order valence-electron chi connectivity index (χ3n) is 1.97. The van der Waals surface area contributed by atoms with Crippen LogP contribution in [0.5, 0.6) is 0 Å². The van der Waals surface area contributed by atoms with Crippen molar-refractivity contribution in [2.24, 2.45) is 0 Å². The summed E-state index contributed by atoms with van der Waals surface area (Å²) in [6.45, 7) is -0.0557. The summed E-state index contributed by atoms with van der Waals surface area (Å²) in [5.74, 6) is -0.357. The molecule has 0 amide bonds. The Labute approximate surface area is 105 Å². The number of hydrogen-bond acceptors (Lipinski definition) is 5. The van der Waals surface area contributed by atoms with Crippen molar-refractivity contribution in [3.63, 3.8) is 0 Å². The Morgan fingerprint density at radius 3 is 2.39 bits per heavy atom. The highest BCUT2D eigenvalue weighted by Crippen LogP contribution is 2.23. The molecule has 1 aromatic carbocycles. The maximum absolute atomic E-state index is 12.9. The number of rotatable bonds is 6. The van der Waals surface area contributed by atoms with Crippen molar-refractivity contribution in [3.05, 3.63) is 24.3 Å². The smallest absolute Gasteiger partial charge is 0.334 e. The van der Waals surface area contributed by atoms with Gasteiger partial charge < -0.3 is 4.74 Å². The van der Waals surface area contributed by atoms with Crippen molar-refractivity contribution < 1.29 is 25.5 Å². The molecule has 0 radical (unpaired) electrons. The lowest BCUT2D eigenvalue weighted by atomic mass is 10.3. The van der Waals surface area contributed by atoms with E-state index in [4.69, 9.17) is 0 Å². The molecule has 9 heteroatoms. The van der Waals surface area contributed by atoms with Crippen LogP contribution in [0.2, 0.25) is 0 Å². The molecule has 0 aromatic heterocycles. The Bertz CT molecular complexity index is 612. The van der Waals surface area contributed by atoms with Gasteiger partial charge in [-0.1, -0.05) is 12.1 Å². The zero-order chi connectivity index (χ0) is 13.8. The van der Waals surface area contributed by atoms with Gasteiger partial charge >= 0.3 is 10.2 Å². The Morgan fingerprint density at radius 1 is 1.22 bits per heavy atom. The zero-order valence-electron chi connectivity index (χ0n) is 9.46. The lowest BCUT2D eigenvalue weighted by Crippen LogP contribution is -2.20. The maximum atomic E-state index is 12.9. The van der Waals surface area contributed by atoms with Crippen LogP contribution in [0.15, 0.2) is 29.2 Å². The molecular weight excluding hydrogens is 285 g/mol. The first kappa shape index (κ1) is 14.9. The summed E-state index contributed by atoms with van der Waals surface area (Å²) in [6.07, 6.45) is 0. The molecular formula is C9H12FNO5S2. The van der Waals surface area contributed by atoms with Crippen LogP contribution in [0.1, 0.15) is 0 Å². The molecule has 0 bridgehead atoms. The number of sulfonamides is 1. The van der Waals surface area contributed by atoms with Gasteiger partial charge in [-0.25, -0.2) is 8.42 Å². The molecule has 1 N–H and O–H groups in total. The Hall–Kier alpha value is -1.19. The number of benzene rings is 1. The summed E-state index contributed by atoms with van der Waals surface area (Å²) in [6, 6.07) is 4.82. The minimum Gasteiger partial charge on any atom is -0.384 e. The first-order valence-electron chi connectivity index (χ1n) is 4.79. The van der Waals surface area contributed by atoms with E-state index < -0.39 is 25.1 Å². The van der Waals surface area contributed by atoms with Crippen LogP contribution in [0, 0.1) is 0 Å². The van der Waals surface area contributed by atoms with E-state index in [0.29, 0.717) is 0 Å². The molecule has 0 spiro atoms. The average molecular weight is 297 g/mol. The molecule has 0 heterocycles. The van der Waals surface area contributed by atoms with Gasteiger partial charge in [0.15, 0.2) is 0 Å². The van der Waals surface area contributed by atoms with Gasteiger partial charge in [0.25, 0.3) is 0 Å². The van der Waals surface area contributed by atoms with Gasteiger partial charge in [-0.15, -0.1) is 3.89 Å². The monoisotopic (exact) mass is 297 g/mol. The second-order valence-corrected chi connectivity index (χ2v) is 6.51. The third kappa shape index (κ3) is 4.24. The second kappa shape index (κ2) is 5.63. The van der Waals surface area contributed by atoms with Gasteiger partial charge in [0.1, 0.15) is 4.90 Å². The number of hydrogen-bond donors (Lipinski definition) is 1. The maximum Gasteiger partial charge on any atom is 0.334 e. The van der Waals surface area contributed by atoms with Gasteiger partial charge in [0.2, 0.25) is 10.0 Å². The summed E-state index contributed by atoms with van der Waals surface area (Å²) >= 11 is 0. The first-order valence-corrected chi connectivity index (χ1v) is 7.83. The molecule has 0 aliphatic rings. The van der Waals surface area contributed by atoms with Gasteiger partial charge in [-0.05, 0) is 12.1 Å². The molecule has 0 unspecified atom stereocenters. The molecule has 1 aromatic rings. The lowest BCUT2D eigenvalue weighted by Gasteiger charge is -2.09. The minimum absolute atomic E-state index is 0.0557. The van der Waals surface area contributed by atoms with E-state index in [0.717, 1.165) is 12.1 Å². The van der Waals surface area contributed by atoms with Gasteiger partial charge in [0, 0.05) is 7.11 Å². The third-order valence-corrected chi connectivity index (χ3v) is 4.09. The fraction of sp³-hybridized carbons (Fsp3) is 0.333. The SMILES string of the molecule is COCCS(=O)(=O)Nc1ccccc1S(=O)(=O)F. The Morgan fingerprint density at radius 2 is 1.83 bits per heavy atom. The molecule has 0 aliphatic carbocycles. The molecule has 0 fully saturated rings. The average Bonchev–Trinajstić information content (AvgIpc) is 2.25. The van der Waals surface area contributed by atoms with E-state index in [-0.39, 0.29) is 18.0 Å². The molecule has 1 rings (SSSR count).